The Balaban J connectivity index is 0.000000561. The summed E-state index contributed by atoms with van der Waals surface area (Å²) in [5, 5.41) is 0. The molecule has 0 saturated heterocycles. The van der Waals surface area contributed by atoms with Crippen molar-refractivity contribution < 1.29 is 0 Å². The van der Waals surface area contributed by atoms with Crippen molar-refractivity contribution in [2.45, 2.75) is 93.4 Å². The molecule has 130 valence electrons. The van der Waals surface area contributed by atoms with Crippen LogP contribution >= 0.6 is 0 Å². The van der Waals surface area contributed by atoms with Crippen molar-refractivity contribution in [3.63, 3.8) is 0 Å². The van der Waals surface area contributed by atoms with Gasteiger partial charge in [-0.25, -0.2) is 0 Å². The average molecular weight is 307 g/mol. The minimum absolute atomic E-state index is 0.952. The largest absolute Gasteiger partial charge is 0.0847 e. The molecule has 0 heterocycles. The predicted octanol–water partition coefficient (Wildman–Crippen LogP) is 7.49. The third-order valence-corrected chi connectivity index (χ3v) is 6.46. The number of hydrogen-bond donors (Lipinski definition) is 0. The van der Waals surface area contributed by atoms with E-state index in [-0.39, 0.29) is 0 Å². The maximum atomic E-state index is 2.67. The first-order chi connectivity index (χ1) is 10.7. The highest BCUT2D eigenvalue weighted by Crippen LogP contribution is 2.53. The van der Waals surface area contributed by atoms with Crippen molar-refractivity contribution in [1.29, 1.82) is 0 Å². The van der Waals surface area contributed by atoms with E-state index in [4.69, 9.17) is 0 Å². The Morgan fingerprint density at radius 2 is 1.59 bits per heavy atom. The highest BCUT2D eigenvalue weighted by atomic mass is 14.5. The zero-order valence-corrected chi connectivity index (χ0v) is 16.5. The molecule has 0 radical (unpaired) electrons. The normalized spacial score (nSPS) is 39.9. The van der Waals surface area contributed by atoms with Gasteiger partial charge in [0.25, 0.3) is 0 Å². The molecule has 6 unspecified atom stereocenters. The van der Waals surface area contributed by atoms with Crippen LogP contribution in [0.5, 0.6) is 0 Å². The summed E-state index contributed by atoms with van der Waals surface area (Å²) in [5.74, 6) is 6.02. The van der Waals surface area contributed by atoms with Gasteiger partial charge in [-0.3, -0.25) is 0 Å². The second-order valence-corrected chi connectivity index (χ2v) is 7.46. The third kappa shape index (κ3) is 4.18. The maximum absolute atomic E-state index is 2.67. The van der Waals surface area contributed by atoms with Crippen LogP contribution in [-0.4, -0.2) is 0 Å². The highest BCUT2D eigenvalue weighted by Gasteiger charge is 2.43. The lowest BCUT2D eigenvalue weighted by Gasteiger charge is -2.50. The molecule has 0 aromatic heterocycles. The summed E-state index contributed by atoms with van der Waals surface area (Å²) in [6, 6.07) is 0. The molecule has 0 spiro atoms. The lowest BCUT2D eigenvalue weighted by atomic mass is 9.55. The van der Waals surface area contributed by atoms with E-state index in [9.17, 15) is 0 Å². The van der Waals surface area contributed by atoms with Crippen LogP contribution < -0.4 is 0 Å². The van der Waals surface area contributed by atoms with Crippen LogP contribution in [0, 0.1) is 35.5 Å². The van der Waals surface area contributed by atoms with Gasteiger partial charge < -0.3 is 0 Å². The predicted molar refractivity (Wildman–Crippen MR) is 101 cm³/mol. The Bertz CT molecular complexity index is 327. The van der Waals surface area contributed by atoms with Crippen molar-refractivity contribution in [2.75, 3.05) is 0 Å². The van der Waals surface area contributed by atoms with Crippen LogP contribution in [0.1, 0.15) is 93.4 Å². The molecular weight excluding hydrogens is 264 g/mol. The first-order valence-corrected chi connectivity index (χ1v) is 10.4. The molecule has 0 aromatic rings. The van der Waals surface area contributed by atoms with Gasteiger partial charge in [-0.2, -0.15) is 0 Å². The van der Waals surface area contributed by atoms with E-state index >= 15 is 0 Å². The van der Waals surface area contributed by atoms with E-state index in [0.717, 1.165) is 35.5 Å². The van der Waals surface area contributed by atoms with Gasteiger partial charge in [0.2, 0.25) is 0 Å². The fourth-order valence-corrected chi connectivity index (χ4v) is 5.49. The molecule has 3 rings (SSSR count). The Morgan fingerprint density at radius 1 is 0.909 bits per heavy atom. The second-order valence-electron chi connectivity index (χ2n) is 7.46. The minimum Gasteiger partial charge on any atom is -0.0847 e. The topological polar surface area (TPSA) is 0 Å². The van der Waals surface area contributed by atoms with Crippen molar-refractivity contribution in [3.8, 4) is 0 Å². The monoisotopic (exact) mass is 306 g/mol. The van der Waals surface area contributed by atoms with E-state index in [1.54, 1.807) is 0 Å². The van der Waals surface area contributed by atoms with Crippen LogP contribution in [0.15, 0.2) is 11.6 Å². The zero-order valence-electron chi connectivity index (χ0n) is 16.5. The zero-order chi connectivity index (χ0) is 16.7. The summed E-state index contributed by atoms with van der Waals surface area (Å²) in [6.45, 7) is 15.4. The lowest BCUT2D eigenvalue weighted by molar-refractivity contribution is 0.0483. The van der Waals surface area contributed by atoms with Gasteiger partial charge in [-0.1, -0.05) is 73.0 Å². The Morgan fingerprint density at radius 3 is 2.23 bits per heavy atom. The van der Waals surface area contributed by atoms with Crippen LogP contribution in [0.2, 0.25) is 0 Å². The number of allylic oxidation sites excluding steroid dienone is 2. The van der Waals surface area contributed by atoms with E-state index in [1.807, 2.05) is 33.3 Å². The van der Waals surface area contributed by atoms with E-state index in [1.165, 1.54) is 44.9 Å². The molecule has 2 fully saturated rings. The molecule has 0 amide bonds. The lowest BCUT2D eigenvalue weighted by Crippen LogP contribution is -2.40. The Hall–Kier alpha value is -0.260. The van der Waals surface area contributed by atoms with E-state index < -0.39 is 0 Å². The SMILES string of the molecule is CC.CC.CCC1C(C)CCC2C3CCC(C)CC3=CCC12. The number of fused-ring (bicyclic) bond motifs is 3. The van der Waals surface area contributed by atoms with Crippen LogP contribution in [0.4, 0.5) is 0 Å². The molecule has 0 heteroatoms. The van der Waals surface area contributed by atoms with Gasteiger partial charge in [-0.05, 0) is 67.6 Å². The van der Waals surface area contributed by atoms with Gasteiger partial charge in [0.15, 0.2) is 0 Å². The summed E-state index contributed by atoms with van der Waals surface area (Å²) in [4.78, 5) is 0. The smallest absolute Gasteiger partial charge is 0.0172 e. The molecule has 0 bridgehead atoms. The van der Waals surface area contributed by atoms with Crippen LogP contribution in [0.25, 0.3) is 0 Å². The Kier molecular flexibility index (Phi) is 8.80. The first-order valence-electron chi connectivity index (χ1n) is 10.4. The molecule has 22 heavy (non-hydrogen) atoms. The van der Waals surface area contributed by atoms with E-state index in [0.29, 0.717) is 0 Å². The third-order valence-electron chi connectivity index (χ3n) is 6.46. The van der Waals surface area contributed by atoms with Crippen LogP contribution in [-0.2, 0) is 0 Å². The molecule has 0 aliphatic heterocycles. The molecule has 2 saturated carbocycles. The van der Waals surface area contributed by atoms with Gasteiger partial charge in [0, 0.05) is 0 Å². The fourth-order valence-electron chi connectivity index (χ4n) is 5.49. The summed E-state index contributed by atoms with van der Waals surface area (Å²) in [5.41, 5.74) is 1.86. The van der Waals surface area contributed by atoms with Crippen LogP contribution in [0.3, 0.4) is 0 Å². The average Bonchev–Trinajstić information content (AvgIpc) is 2.57. The molecule has 0 aromatic carbocycles. The van der Waals surface area contributed by atoms with Crippen molar-refractivity contribution in [1.82, 2.24) is 0 Å². The summed E-state index contributed by atoms with van der Waals surface area (Å²) in [7, 11) is 0. The molecule has 3 aliphatic rings. The summed E-state index contributed by atoms with van der Waals surface area (Å²) >= 11 is 0. The molecular formula is C22H42. The summed E-state index contributed by atoms with van der Waals surface area (Å²) < 4.78 is 0. The number of rotatable bonds is 1. The molecule has 3 aliphatic carbocycles. The molecule has 0 nitrogen and oxygen atoms in total. The van der Waals surface area contributed by atoms with Gasteiger partial charge in [0.1, 0.15) is 0 Å². The van der Waals surface area contributed by atoms with E-state index in [2.05, 4.69) is 26.8 Å². The maximum Gasteiger partial charge on any atom is -0.0172 e. The van der Waals surface area contributed by atoms with Crippen molar-refractivity contribution >= 4 is 0 Å². The number of hydrogen-bond acceptors (Lipinski definition) is 0. The molecule has 6 atom stereocenters. The fraction of sp³-hybridized carbons (Fsp3) is 0.909. The Labute approximate surface area is 141 Å². The van der Waals surface area contributed by atoms with Gasteiger partial charge in [-0.15, -0.1) is 0 Å². The van der Waals surface area contributed by atoms with Crippen molar-refractivity contribution in [2.24, 2.45) is 35.5 Å². The first kappa shape index (κ1) is 19.8. The minimum atomic E-state index is 0.952. The quantitative estimate of drug-likeness (QED) is 0.440. The van der Waals surface area contributed by atoms with Gasteiger partial charge in [0.05, 0.1) is 0 Å². The standard InChI is InChI=1S/C18H30.2C2H6/c1-4-15-13(3)6-9-18-16-8-5-12(2)11-14(16)7-10-17(15)18;2*1-2/h7,12-13,15-18H,4-6,8-11H2,1-3H3;2*1-2H3. The molecule has 0 N–H and O–H groups in total. The van der Waals surface area contributed by atoms with Crippen molar-refractivity contribution in [3.05, 3.63) is 11.6 Å². The highest BCUT2D eigenvalue weighted by molar-refractivity contribution is 5.17. The van der Waals surface area contributed by atoms with Gasteiger partial charge >= 0.3 is 0 Å². The second kappa shape index (κ2) is 9.78. The summed E-state index contributed by atoms with van der Waals surface area (Å²) in [6.07, 6.45) is 12.9.